The highest BCUT2D eigenvalue weighted by atomic mass is 16.5. The number of rotatable bonds is 8. The number of aryl methyl sites for hydroxylation is 1. The Bertz CT molecular complexity index is 1680. The fourth-order valence-electron chi connectivity index (χ4n) is 5.00. The number of para-hydroxylation sites is 2. The van der Waals surface area contributed by atoms with Crippen LogP contribution in [0.25, 0.3) is 10.9 Å². The van der Waals surface area contributed by atoms with Gasteiger partial charge in [-0.2, -0.15) is 0 Å². The number of methoxy groups -OCH3 is 1. The molecule has 40 heavy (non-hydrogen) atoms. The van der Waals surface area contributed by atoms with Crippen molar-refractivity contribution in [2.24, 2.45) is 0 Å². The number of ether oxygens (including phenoxy) is 1. The first-order valence-corrected chi connectivity index (χ1v) is 13.3. The Morgan fingerprint density at radius 2 is 1.35 bits per heavy atom. The van der Waals surface area contributed by atoms with Crippen molar-refractivity contribution in [2.45, 2.75) is 13.3 Å². The second kappa shape index (κ2) is 11.3. The van der Waals surface area contributed by atoms with E-state index in [4.69, 9.17) is 9.72 Å². The van der Waals surface area contributed by atoms with E-state index in [1.54, 1.807) is 7.11 Å². The number of aromatic nitrogens is 2. The number of benzene rings is 4. The zero-order chi connectivity index (χ0) is 27.3. The Balaban J connectivity index is 1.20. The molecule has 0 unspecified atom stereocenters. The molecule has 0 spiro atoms. The monoisotopic (exact) mass is 522 g/mol. The molecule has 0 aliphatic rings. The second-order valence-corrected chi connectivity index (χ2v) is 9.71. The van der Waals surface area contributed by atoms with Gasteiger partial charge in [-0.3, -0.25) is 4.98 Å². The molecule has 196 valence electrons. The molecule has 0 saturated heterocycles. The van der Waals surface area contributed by atoms with Crippen molar-refractivity contribution >= 4 is 39.3 Å². The lowest BCUT2D eigenvalue weighted by molar-refractivity contribution is 0.419. The summed E-state index contributed by atoms with van der Waals surface area (Å²) in [4.78, 5) is 11.1. The Morgan fingerprint density at radius 3 is 2.05 bits per heavy atom. The third-order valence-corrected chi connectivity index (χ3v) is 6.92. The van der Waals surface area contributed by atoms with Crippen molar-refractivity contribution < 1.29 is 4.74 Å². The van der Waals surface area contributed by atoms with Crippen LogP contribution in [0.2, 0.25) is 0 Å². The van der Waals surface area contributed by atoms with E-state index < -0.39 is 0 Å². The predicted molar refractivity (Wildman–Crippen MR) is 164 cm³/mol. The van der Waals surface area contributed by atoms with Crippen molar-refractivity contribution in [1.29, 1.82) is 0 Å². The van der Waals surface area contributed by atoms with Crippen LogP contribution in [0.1, 0.15) is 16.8 Å². The Labute approximate surface area is 234 Å². The van der Waals surface area contributed by atoms with Gasteiger partial charge in [0.15, 0.2) is 0 Å². The summed E-state index contributed by atoms with van der Waals surface area (Å²) in [5.74, 6) is 0.776. The number of hydrogen-bond donors (Lipinski definition) is 1. The highest BCUT2D eigenvalue weighted by Crippen LogP contribution is 2.34. The molecule has 0 aliphatic heterocycles. The predicted octanol–water partition coefficient (Wildman–Crippen LogP) is 8.75. The van der Waals surface area contributed by atoms with Crippen LogP contribution in [-0.4, -0.2) is 17.1 Å². The van der Waals surface area contributed by atoms with Crippen molar-refractivity contribution in [3.05, 3.63) is 144 Å². The van der Waals surface area contributed by atoms with Crippen LogP contribution in [0.3, 0.4) is 0 Å². The van der Waals surface area contributed by atoms with E-state index in [0.717, 1.165) is 57.2 Å². The minimum atomic E-state index is 0.776. The molecule has 6 rings (SSSR count). The third kappa shape index (κ3) is 5.36. The van der Waals surface area contributed by atoms with Crippen LogP contribution in [0.15, 0.2) is 128 Å². The Morgan fingerprint density at radius 1 is 0.700 bits per heavy atom. The molecule has 1 N–H and O–H groups in total. The van der Waals surface area contributed by atoms with Gasteiger partial charge in [-0.05, 0) is 85.1 Å². The lowest BCUT2D eigenvalue weighted by Crippen LogP contribution is -2.09. The molecular formula is C35H30N4O. The zero-order valence-corrected chi connectivity index (χ0v) is 22.6. The largest absolute Gasteiger partial charge is 0.494 e. The number of fused-ring (bicyclic) bond motifs is 1. The van der Waals surface area contributed by atoms with Crippen molar-refractivity contribution in [3.8, 4) is 5.75 Å². The van der Waals surface area contributed by atoms with Crippen LogP contribution < -0.4 is 15.0 Å². The Kier molecular flexibility index (Phi) is 7.10. The minimum Gasteiger partial charge on any atom is -0.494 e. The molecule has 5 heteroatoms. The number of nitrogens with one attached hydrogen (secondary N) is 1. The van der Waals surface area contributed by atoms with Gasteiger partial charge < -0.3 is 15.0 Å². The van der Waals surface area contributed by atoms with Crippen molar-refractivity contribution in [1.82, 2.24) is 9.97 Å². The lowest BCUT2D eigenvalue weighted by atomic mass is 10.0. The second-order valence-electron chi connectivity index (χ2n) is 9.71. The fraction of sp³-hybridized carbons (Fsp3) is 0.0857. The van der Waals surface area contributed by atoms with Gasteiger partial charge in [0.05, 0.1) is 7.11 Å². The normalized spacial score (nSPS) is 10.8. The van der Waals surface area contributed by atoms with E-state index in [2.05, 4.69) is 100 Å². The van der Waals surface area contributed by atoms with Gasteiger partial charge in [-0.1, -0.05) is 54.6 Å². The maximum atomic E-state index is 5.53. The van der Waals surface area contributed by atoms with Crippen LogP contribution >= 0.6 is 0 Å². The van der Waals surface area contributed by atoms with Gasteiger partial charge in [-0.25, -0.2) is 4.98 Å². The Hall–Kier alpha value is -5.16. The van der Waals surface area contributed by atoms with Gasteiger partial charge in [0.2, 0.25) is 0 Å². The van der Waals surface area contributed by atoms with E-state index in [9.17, 15) is 0 Å². The van der Waals surface area contributed by atoms with E-state index in [-0.39, 0.29) is 0 Å². The van der Waals surface area contributed by atoms with Gasteiger partial charge in [0.1, 0.15) is 11.3 Å². The average Bonchev–Trinajstić information content (AvgIpc) is 3.00. The van der Waals surface area contributed by atoms with E-state index in [1.807, 2.05) is 49.6 Å². The fourth-order valence-corrected chi connectivity index (χ4v) is 5.00. The van der Waals surface area contributed by atoms with Crippen molar-refractivity contribution in [2.75, 3.05) is 17.3 Å². The molecule has 0 atom stereocenters. The summed E-state index contributed by atoms with van der Waals surface area (Å²) in [6.07, 6.45) is 4.51. The lowest BCUT2D eigenvalue weighted by Gasteiger charge is -2.25. The van der Waals surface area contributed by atoms with Crippen LogP contribution in [-0.2, 0) is 6.42 Å². The highest BCUT2D eigenvalue weighted by molar-refractivity contribution is 5.96. The summed E-state index contributed by atoms with van der Waals surface area (Å²) in [6, 6.07) is 39.9. The van der Waals surface area contributed by atoms with Gasteiger partial charge in [-0.15, -0.1) is 0 Å². The average molecular weight is 523 g/mol. The number of anilines is 5. The molecule has 2 aromatic heterocycles. The summed E-state index contributed by atoms with van der Waals surface area (Å²) in [5, 5.41) is 4.61. The van der Waals surface area contributed by atoms with Gasteiger partial charge in [0, 0.05) is 51.9 Å². The first kappa shape index (κ1) is 25.1. The molecule has 4 aromatic carbocycles. The highest BCUT2D eigenvalue weighted by Gasteiger charge is 2.12. The molecule has 2 heterocycles. The molecule has 0 bridgehead atoms. The molecule has 0 radical (unpaired) electrons. The molecule has 0 fully saturated rings. The maximum absolute atomic E-state index is 5.53. The zero-order valence-electron chi connectivity index (χ0n) is 22.6. The quantitative estimate of drug-likeness (QED) is 0.217. The number of pyridine rings is 2. The van der Waals surface area contributed by atoms with Crippen LogP contribution in [0, 0.1) is 6.92 Å². The standard InChI is InChI=1S/C35H30N4O/c1-25-23-33(32-9-6-10-34(40-2)35(32)37-25)38-28-15-11-26(12-16-28)24-27-13-17-30(18-14-27)39(29-7-4-3-5-8-29)31-19-21-36-22-20-31/h3-23H,24H2,1-2H3,(H,37,38). The summed E-state index contributed by atoms with van der Waals surface area (Å²) in [6.45, 7) is 2.00. The summed E-state index contributed by atoms with van der Waals surface area (Å²) in [5.41, 5.74) is 9.66. The topological polar surface area (TPSA) is 50.3 Å². The number of hydrogen-bond acceptors (Lipinski definition) is 5. The first-order chi connectivity index (χ1) is 19.7. The molecule has 0 amide bonds. The minimum absolute atomic E-state index is 0.776. The molecular weight excluding hydrogens is 492 g/mol. The molecule has 0 aliphatic carbocycles. The first-order valence-electron chi connectivity index (χ1n) is 13.3. The van der Waals surface area contributed by atoms with Gasteiger partial charge >= 0.3 is 0 Å². The van der Waals surface area contributed by atoms with E-state index in [0.29, 0.717) is 0 Å². The SMILES string of the molecule is COc1cccc2c(Nc3ccc(Cc4ccc(N(c5ccccc5)c5ccncc5)cc4)cc3)cc(C)nc12. The van der Waals surface area contributed by atoms with E-state index in [1.165, 1.54) is 11.1 Å². The maximum Gasteiger partial charge on any atom is 0.145 e. The smallest absolute Gasteiger partial charge is 0.145 e. The van der Waals surface area contributed by atoms with E-state index >= 15 is 0 Å². The van der Waals surface area contributed by atoms with Crippen LogP contribution in [0.4, 0.5) is 28.4 Å². The third-order valence-electron chi connectivity index (χ3n) is 6.92. The van der Waals surface area contributed by atoms with Crippen molar-refractivity contribution in [3.63, 3.8) is 0 Å². The summed E-state index contributed by atoms with van der Waals surface area (Å²) >= 11 is 0. The summed E-state index contributed by atoms with van der Waals surface area (Å²) < 4.78 is 5.53. The molecule has 6 aromatic rings. The molecule has 5 nitrogen and oxygen atoms in total. The number of nitrogens with zero attached hydrogens (tertiary/aromatic N) is 3. The van der Waals surface area contributed by atoms with Crippen LogP contribution in [0.5, 0.6) is 5.75 Å². The molecule has 0 saturated carbocycles. The van der Waals surface area contributed by atoms with Gasteiger partial charge in [0.25, 0.3) is 0 Å². The summed E-state index contributed by atoms with van der Waals surface area (Å²) in [7, 11) is 1.68.